The van der Waals surface area contributed by atoms with E-state index in [0.29, 0.717) is 6.04 Å². The molecule has 0 saturated carbocycles. The molecule has 4 heteroatoms. The molecule has 1 atom stereocenters. The van der Waals surface area contributed by atoms with Gasteiger partial charge in [-0.15, -0.1) is 0 Å². The lowest BCUT2D eigenvalue weighted by molar-refractivity contribution is -0.138. The minimum absolute atomic E-state index is 0.0263. The normalized spacial score (nSPS) is 21.4. The van der Waals surface area contributed by atoms with Crippen LogP contribution in [0.1, 0.15) is 26.7 Å². The van der Waals surface area contributed by atoms with E-state index >= 15 is 0 Å². The van der Waals surface area contributed by atoms with Gasteiger partial charge < -0.3 is 14.8 Å². The summed E-state index contributed by atoms with van der Waals surface area (Å²) in [4.78, 5) is 0. The van der Waals surface area contributed by atoms with Crippen molar-refractivity contribution in [1.29, 1.82) is 0 Å². The highest BCUT2D eigenvalue weighted by molar-refractivity contribution is 7.99. The molecule has 1 heterocycles. The first-order valence-corrected chi connectivity index (χ1v) is 7.06. The highest BCUT2D eigenvalue weighted by Gasteiger charge is 2.15. The SMILES string of the molecule is CCOC(CCNC1CCSC1)OCC. The summed E-state index contributed by atoms with van der Waals surface area (Å²) in [5.41, 5.74) is 0. The molecule has 0 radical (unpaired) electrons. The van der Waals surface area contributed by atoms with Gasteiger partial charge in [-0.25, -0.2) is 0 Å². The minimum atomic E-state index is -0.0263. The lowest BCUT2D eigenvalue weighted by Crippen LogP contribution is -2.32. The molecule has 0 aromatic heterocycles. The van der Waals surface area contributed by atoms with E-state index in [9.17, 15) is 0 Å². The van der Waals surface area contributed by atoms with Gasteiger partial charge in [-0.3, -0.25) is 0 Å². The molecule has 15 heavy (non-hydrogen) atoms. The van der Waals surface area contributed by atoms with Crippen LogP contribution in [0.15, 0.2) is 0 Å². The molecule has 1 aliphatic rings. The molecule has 90 valence electrons. The van der Waals surface area contributed by atoms with Crippen molar-refractivity contribution < 1.29 is 9.47 Å². The monoisotopic (exact) mass is 233 g/mol. The second-order valence-corrected chi connectivity index (χ2v) is 4.79. The first-order chi connectivity index (χ1) is 7.36. The third-order valence-electron chi connectivity index (χ3n) is 2.45. The molecule has 0 aliphatic carbocycles. The lowest BCUT2D eigenvalue weighted by atomic mass is 10.2. The number of rotatable bonds is 8. The summed E-state index contributed by atoms with van der Waals surface area (Å²) in [6.45, 7) is 6.46. The molecule has 0 aromatic rings. The quantitative estimate of drug-likeness (QED) is 0.648. The summed E-state index contributed by atoms with van der Waals surface area (Å²) in [6, 6.07) is 0.707. The van der Waals surface area contributed by atoms with Gasteiger partial charge in [0.15, 0.2) is 6.29 Å². The predicted octanol–water partition coefficient (Wildman–Crippen LogP) is 1.87. The van der Waals surface area contributed by atoms with Crippen molar-refractivity contribution in [3.05, 3.63) is 0 Å². The van der Waals surface area contributed by atoms with E-state index in [0.717, 1.165) is 26.2 Å². The summed E-state index contributed by atoms with van der Waals surface area (Å²) in [5.74, 6) is 2.56. The van der Waals surface area contributed by atoms with E-state index in [4.69, 9.17) is 9.47 Å². The molecule has 1 N–H and O–H groups in total. The number of hydrogen-bond acceptors (Lipinski definition) is 4. The van der Waals surface area contributed by atoms with E-state index in [1.165, 1.54) is 17.9 Å². The highest BCUT2D eigenvalue weighted by atomic mass is 32.2. The largest absolute Gasteiger partial charge is 0.353 e. The zero-order valence-corrected chi connectivity index (χ0v) is 10.6. The van der Waals surface area contributed by atoms with Crippen LogP contribution in [-0.2, 0) is 9.47 Å². The van der Waals surface area contributed by atoms with E-state index in [-0.39, 0.29) is 6.29 Å². The van der Waals surface area contributed by atoms with Crippen LogP contribution in [0.3, 0.4) is 0 Å². The average molecular weight is 233 g/mol. The molecule has 1 fully saturated rings. The topological polar surface area (TPSA) is 30.5 Å². The van der Waals surface area contributed by atoms with Crippen LogP contribution in [0.4, 0.5) is 0 Å². The number of ether oxygens (including phenoxy) is 2. The van der Waals surface area contributed by atoms with Crippen LogP contribution >= 0.6 is 11.8 Å². The Balaban J connectivity index is 2.04. The maximum atomic E-state index is 5.48. The Morgan fingerprint density at radius 1 is 1.33 bits per heavy atom. The maximum Gasteiger partial charge on any atom is 0.158 e. The number of thioether (sulfide) groups is 1. The van der Waals surface area contributed by atoms with Gasteiger partial charge in [-0.1, -0.05) is 0 Å². The van der Waals surface area contributed by atoms with Crippen LogP contribution in [-0.4, -0.2) is 43.6 Å². The Hall–Kier alpha value is 0.230. The van der Waals surface area contributed by atoms with Crippen LogP contribution in [0.25, 0.3) is 0 Å². The zero-order chi connectivity index (χ0) is 10.9. The predicted molar refractivity (Wildman–Crippen MR) is 65.4 cm³/mol. The second-order valence-electron chi connectivity index (χ2n) is 3.64. The first kappa shape index (κ1) is 13.3. The van der Waals surface area contributed by atoms with E-state index in [1.54, 1.807) is 0 Å². The molecule has 0 spiro atoms. The molecular weight excluding hydrogens is 210 g/mol. The molecule has 1 rings (SSSR count). The Kier molecular flexibility index (Phi) is 7.44. The van der Waals surface area contributed by atoms with Crippen LogP contribution in [0.5, 0.6) is 0 Å². The van der Waals surface area contributed by atoms with Gasteiger partial charge in [-0.2, -0.15) is 11.8 Å². The third-order valence-corrected chi connectivity index (χ3v) is 3.61. The van der Waals surface area contributed by atoms with Crippen LogP contribution < -0.4 is 5.32 Å². The smallest absolute Gasteiger partial charge is 0.158 e. The van der Waals surface area contributed by atoms with Crippen LogP contribution in [0.2, 0.25) is 0 Å². The Labute approximate surface area is 97.3 Å². The number of nitrogens with one attached hydrogen (secondary N) is 1. The van der Waals surface area contributed by atoms with Gasteiger partial charge in [-0.05, 0) is 26.0 Å². The standard InChI is InChI=1S/C11H23NO2S/c1-3-13-11(14-4-2)5-7-12-10-6-8-15-9-10/h10-12H,3-9H2,1-2H3. The molecule has 1 saturated heterocycles. The zero-order valence-electron chi connectivity index (χ0n) is 9.83. The summed E-state index contributed by atoms with van der Waals surface area (Å²) < 4.78 is 11.0. The van der Waals surface area contributed by atoms with Gasteiger partial charge in [0.25, 0.3) is 0 Å². The van der Waals surface area contributed by atoms with Crippen molar-refractivity contribution >= 4 is 11.8 Å². The van der Waals surface area contributed by atoms with E-state index in [1.807, 2.05) is 25.6 Å². The van der Waals surface area contributed by atoms with Crippen molar-refractivity contribution in [3.63, 3.8) is 0 Å². The van der Waals surface area contributed by atoms with E-state index < -0.39 is 0 Å². The van der Waals surface area contributed by atoms with Gasteiger partial charge in [0, 0.05) is 38.0 Å². The third kappa shape index (κ3) is 5.76. The lowest BCUT2D eigenvalue weighted by Gasteiger charge is -2.18. The molecular formula is C11H23NO2S. The van der Waals surface area contributed by atoms with E-state index in [2.05, 4.69) is 5.32 Å². The van der Waals surface area contributed by atoms with Gasteiger partial charge >= 0.3 is 0 Å². The van der Waals surface area contributed by atoms with Gasteiger partial charge in [0.05, 0.1) is 0 Å². The fourth-order valence-corrected chi connectivity index (χ4v) is 2.87. The van der Waals surface area contributed by atoms with Crippen molar-refractivity contribution in [1.82, 2.24) is 5.32 Å². The molecule has 1 aliphatic heterocycles. The minimum Gasteiger partial charge on any atom is -0.353 e. The van der Waals surface area contributed by atoms with Crippen molar-refractivity contribution in [2.45, 2.75) is 39.0 Å². The second kappa shape index (κ2) is 8.39. The van der Waals surface area contributed by atoms with Crippen molar-refractivity contribution in [2.24, 2.45) is 0 Å². The van der Waals surface area contributed by atoms with Gasteiger partial charge in [0.1, 0.15) is 0 Å². The summed E-state index contributed by atoms with van der Waals surface area (Å²) >= 11 is 2.04. The van der Waals surface area contributed by atoms with Gasteiger partial charge in [0.2, 0.25) is 0 Å². The highest BCUT2D eigenvalue weighted by Crippen LogP contribution is 2.16. The fourth-order valence-electron chi connectivity index (χ4n) is 1.69. The maximum absolute atomic E-state index is 5.48. The van der Waals surface area contributed by atoms with Crippen molar-refractivity contribution in [3.8, 4) is 0 Å². The Morgan fingerprint density at radius 3 is 2.60 bits per heavy atom. The number of hydrogen-bond donors (Lipinski definition) is 1. The van der Waals surface area contributed by atoms with Crippen LogP contribution in [0, 0.1) is 0 Å². The Bertz CT molecular complexity index is 146. The summed E-state index contributed by atoms with van der Waals surface area (Å²) in [5, 5.41) is 3.55. The average Bonchev–Trinajstić information content (AvgIpc) is 2.71. The Morgan fingerprint density at radius 2 is 2.07 bits per heavy atom. The molecule has 0 bridgehead atoms. The molecule has 3 nitrogen and oxygen atoms in total. The van der Waals surface area contributed by atoms with Crippen molar-refractivity contribution in [2.75, 3.05) is 31.3 Å². The fraction of sp³-hybridized carbons (Fsp3) is 1.00. The molecule has 0 amide bonds. The summed E-state index contributed by atoms with van der Waals surface area (Å²) in [7, 11) is 0. The molecule has 1 unspecified atom stereocenters. The summed E-state index contributed by atoms with van der Waals surface area (Å²) in [6.07, 6.45) is 2.23. The first-order valence-electron chi connectivity index (χ1n) is 5.91. The molecule has 0 aromatic carbocycles.